The van der Waals surface area contributed by atoms with Crippen LogP contribution >= 0.6 is 69.5 Å². The highest BCUT2D eigenvalue weighted by Crippen LogP contribution is 2.31. The van der Waals surface area contributed by atoms with Crippen molar-refractivity contribution in [3.05, 3.63) is 133 Å². The van der Waals surface area contributed by atoms with Gasteiger partial charge in [-0.2, -0.15) is 0 Å². The molecular weight excluding hydrogens is 718 g/mol. The second-order valence-corrected chi connectivity index (χ2v) is 13.9. The van der Waals surface area contributed by atoms with E-state index in [1.165, 1.54) is 29.2 Å². The van der Waals surface area contributed by atoms with E-state index in [0.29, 0.717) is 47.7 Å². The summed E-state index contributed by atoms with van der Waals surface area (Å²) >= 11 is 27.2. The number of amides is 3. The van der Waals surface area contributed by atoms with Gasteiger partial charge in [-0.15, -0.1) is 23.1 Å². The summed E-state index contributed by atoms with van der Waals surface area (Å²) in [6, 6.07) is 25.6. The molecule has 0 bridgehead atoms. The molecule has 1 aromatic heterocycles. The Hall–Kier alpha value is -3.83. The standard InChI is InChI=1S/C34H24Cl4N4O3S2/c1-19(31(43)42-34-41-30(18-46-34)22-8-14-26(36)28(38)15-22)47-25-12-10-24(11-13-25)39-33(45)29(16-21-7-9-23(35)17-27(21)37)40-32(44)20-5-3-2-4-6-20/h2-19H,1H3,(H,39,45)(H,40,44)(H,41,42,43)/b29-16-. The van der Waals surface area contributed by atoms with E-state index in [1.54, 1.807) is 91.9 Å². The van der Waals surface area contributed by atoms with E-state index in [0.717, 1.165) is 10.5 Å². The number of aromatic nitrogens is 1. The molecule has 4 aromatic carbocycles. The second-order valence-electron chi connectivity index (χ2n) is 9.94. The number of anilines is 2. The Labute approximate surface area is 299 Å². The lowest BCUT2D eigenvalue weighted by Crippen LogP contribution is -2.30. The maximum absolute atomic E-state index is 13.4. The molecule has 0 saturated heterocycles. The van der Waals surface area contributed by atoms with Crippen LogP contribution in [0.5, 0.6) is 0 Å². The van der Waals surface area contributed by atoms with Gasteiger partial charge in [0, 0.05) is 37.1 Å². The van der Waals surface area contributed by atoms with E-state index in [1.807, 2.05) is 11.4 Å². The molecule has 5 aromatic rings. The molecule has 47 heavy (non-hydrogen) atoms. The predicted molar refractivity (Wildman–Crippen MR) is 195 cm³/mol. The first-order valence-corrected chi connectivity index (χ1v) is 17.2. The topological polar surface area (TPSA) is 100 Å². The third-order valence-electron chi connectivity index (χ3n) is 6.54. The van der Waals surface area contributed by atoms with E-state index < -0.39 is 17.1 Å². The number of carbonyl (C=O) groups is 3. The fourth-order valence-electron chi connectivity index (χ4n) is 4.12. The lowest BCUT2D eigenvalue weighted by Gasteiger charge is -2.13. The van der Waals surface area contributed by atoms with Crippen molar-refractivity contribution in [2.75, 3.05) is 10.6 Å². The van der Waals surface area contributed by atoms with Crippen molar-refractivity contribution in [1.29, 1.82) is 0 Å². The van der Waals surface area contributed by atoms with Gasteiger partial charge in [-0.25, -0.2) is 4.98 Å². The average Bonchev–Trinajstić information content (AvgIpc) is 3.52. The summed E-state index contributed by atoms with van der Waals surface area (Å²) in [5.41, 5.74) is 2.82. The average molecular weight is 743 g/mol. The first-order valence-electron chi connectivity index (χ1n) is 13.9. The third-order valence-corrected chi connectivity index (χ3v) is 9.71. The molecule has 0 aliphatic heterocycles. The third kappa shape index (κ3) is 9.38. The van der Waals surface area contributed by atoms with Gasteiger partial charge in [-0.3, -0.25) is 14.4 Å². The molecule has 0 spiro atoms. The number of rotatable bonds is 10. The minimum Gasteiger partial charge on any atom is -0.321 e. The van der Waals surface area contributed by atoms with Crippen LogP contribution in [0.1, 0.15) is 22.8 Å². The number of carbonyl (C=O) groups excluding carboxylic acids is 3. The molecule has 238 valence electrons. The largest absolute Gasteiger partial charge is 0.321 e. The molecule has 0 saturated carbocycles. The maximum Gasteiger partial charge on any atom is 0.272 e. The van der Waals surface area contributed by atoms with E-state index in [2.05, 4.69) is 20.9 Å². The number of thioether (sulfide) groups is 1. The molecule has 1 atom stereocenters. The molecule has 3 N–H and O–H groups in total. The maximum atomic E-state index is 13.4. The molecule has 13 heteroatoms. The summed E-state index contributed by atoms with van der Waals surface area (Å²) in [5, 5.41) is 11.8. The molecule has 0 aliphatic carbocycles. The van der Waals surface area contributed by atoms with Crippen LogP contribution in [-0.2, 0) is 9.59 Å². The molecule has 7 nitrogen and oxygen atoms in total. The summed E-state index contributed by atoms with van der Waals surface area (Å²) in [6.07, 6.45) is 1.48. The Morgan fingerprint density at radius 2 is 1.57 bits per heavy atom. The zero-order chi connectivity index (χ0) is 33.5. The predicted octanol–water partition coefficient (Wildman–Crippen LogP) is 9.95. The lowest BCUT2D eigenvalue weighted by atomic mass is 10.1. The Kier molecular flexibility index (Phi) is 11.6. The molecule has 1 unspecified atom stereocenters. The van der Waals surface area contributed by atoms with Crippen molar-refractivity contribution < 1.29 is 14.4 Å². The van der Waals surface area contributed by atoms with Gasteiger partial charge in [0.05, 0.1) is 21.0 Å². The lowest BCUT2D eigenvalue weighted by molar-refractivity contribution is -0.115. The van der Waals surface area contributed by atoms with Gasteiger partial charge in [0.2, 0.25) is 5.91 Å². The zero-order valence-corrected chi connectivity index (χ0v) is 29.0. The monoisotopic (exact) mass is 740 g/mol. The number of hydrogen-bond acceptors (Lipinski definition) is 6. The number of hydrogen-bond donors (Lipinski definition) is 3. The van der Waals surface area contributed by atoms with Gasteiger partial charge >= 0.3 is 0 Å². The van der Waals surface area contributed by atoms with Crippen LogP contribution in [0.25, 0.3) is 17.3 Å². The minimum atomic E-state index is -0.558. The SMILES string of the molecule is CC(Sc1ccc(NC(=O)/C(=C/c2ccc(Cl)cc2Cl)NC(=O)c2ccccc2)cc1)C(=O)Nc1nc(-c2ccc(Cl)c(Cl)c2)cs1. The number of nitrogens with zero attached hydrogens (tertiary/aromatic N) is 1. The second kappa shape index (κ2) is 15.8. The van der Waals surface area contributed by atoms with Crippen molar-refractivity contribution in [2.45, 2.75) is 17.1 Å². The Morgan fingerprint density at radius 1 is 0.830 bits per heavy atom. The molecule has 0 radical (unpaired) electrons. The summed E-state index contributed by atoms with van der Waals surface area (Å²) in [5.74, 6) is -1.23. The number of nitrogens with one attached hydrogen (secondary N) is 3. The van der Waals surface area contributed by atoms with Gasteiger partial charge in [-0.05, 0) is 79.2 Å². The van der Waals surface area contributed by atoms with Crippen LogP contribution in [-0.4, -0.2) is 28.0 Å². The summed E-state index contributed by atoms with van der Waals surface area (Å²) in [6.45, 7) is 1.79. The highest BCUT2D eigenvalue weighted by Gasteiger charge is 2.18. The zero-order valence-electron chi connectivity index (χ0n) is 24.4. The van der Waals surface area contributed by atoms with Crippen LogP contribution < -0.4 is 16.0 Å². The van der Waals surface area contributed by atoms with Gasteiger partial charge in [0.25, 0.3) is 11.8 Å². The Balaban J connectivity index is 1.22. The van der Waals surface area contributed by atoms with E-state index >= 15 is 0 Å². The smallest absolute Gasteiger partial charge is 0.272 e. The Bertz CT molecular complexity index is 1970. The highest BCUT2D eigenvalue weighted by molar-refractivity contribution is 8.00. The van der Waals surface area contributed by atoms with Gasteiger partial charge < -0.3 is 16.0 Å². The van der Waals surface area contributed by atoms with Crippen molar-refractivity contribution >= 4 is 104 Å². The first-order chi connectivity index (χ1) is 22.5. The van der Waals surface area contributed by atoms with Gasteiger partial charge in [-0.1, -0.05) is 76.7 Å². The molecular formula is C34H24Cl4N4O3S2. The van der Waals surface area contributed by atoms with Crippen LogP contribution in [0.2, 0.25) is 20.1 Å². The first kappa shape index (κ1) is 34.5. The minimum absolute atomic E-state index is 0.0173. The summed E-state index contributed by atoms with van der Waals surface area (Å²) in [4.78, 5) is 44.5. The fraction of sp³-hybridized carbons (Fsp3) is 0.0588. The summed E-state index contributed by atoms with van der Waals surface area (Å²) in [7, 11) is 0. The summed E-state index contributed by atoms with van der Waals surface area (Å²) < 4.78 is 0. The fourth-order valence-corrected chi connectivity index (χ4v) is 6.47. The van der Waals surface area contributed by atoms with Crippen molar-refractivity contribution in [2.24, 2.45) is 0 Å². The van der Waals surface area contributed by atoms with Crippen molar-refractivity contribution in [1.82, 2.24) is 10.3 Å². The number of benzene rings is 4. The van der Waals surface area contributed by atoms with Crippen LogP contribution in [0.15, 0.2) is 107 Å². The molecule has 0 fully saturated rings. The van der Waals surface area contributed by atoms with Gasteiger partial charge in [0.1, 0.15) is 5.70 Å². The van der Waals surface area contributed by atoms with Crippen molar-refractivity contribution in [3.8, 4) is 11.3 Å². The van der Waals surface area contributed by atoms with Crippen LogP contribution in [0, 0.1) is 0 Å². The van der Waals surface area contributed by atoms with Crippen LogP contribution in [0.3, 0.4) is 0 Å². The van der Waals surface area contributed by atoms with E-state index in [-0.39, 0.29) is 11.6 Å². The number of halogens is 4. The number of thiazole rings is 1. The molecule has 3 amide bonds. The normalized spacial score (nSPS) is 11.9. The van der Waals surface area contributed by atoms with E-state index in [4.69, 9.17) is 46.4 Å². The molecule has 0 aliphatic rings. The van der Waals surface area contributed by atoms with Gasteiger partial charge in [0.15, 0.2) is 5.13 Å². The highest BCUT2D eigenvalue weighted by atomic mass is 35.5. The van der Waals surface area contributed by atoms with Crippen LogP contribution in [0.4, 0.5) is 10.8 Å². The Morgan fingerprint density at radius 3 is 2.28 bits per heavy atom. The van der Waals surface area contributed by atoms with E-state index in [9.17, 15) is 14.4 Å². The molecule has 1 heterocycles. The quantitative estimate of drug-likeness (QED) is 0.0978. The molecule has 5 rings (SSSR count). The van der Waals surface area contributed by atoms with Crippen molar-refractivity contribution in [3.63, 3.8) is 0 Å².